The van der Waals surface area contributed by atoms with Crippen LogP contribution in [0.25, 0.3) is 0 Å². The van der Waals surface area contributed by atoms with Crippen molar-refractivity contribution in [3.8, 4) is 0 Å². The van der Waals surface area contributed by atoms with Gasteiger partial charge >= 0.3 is 5.97 Å². The molecule has 0 saturated carbocycles. The second-order valence-electron chi connectivity index (χ2n) is 2.37. The fourth-order valence-electron chi connectivity index (χ4n) is 0.914. The van der Waals surface area contributed by atoms with Gasteiger partial charge in [0, 0.05) is 0 Å². The second-order valence-corrected chi connectivity index (χ2v) is 3.09. The molecule has 0 fully saturated rings. The number of carboxylic acid groups (broad SMARTS) is 1. The molecule has 11 heavy (non-hydrogen) atoms. The van der Waals surface area contributed by atoms with Gasteiger partial charge in [0.05, 0.1) is 0 Å². The summed E-state index contributed by atoms with van der Waals surface area (Å²) in [7, 11) is 0. The second kappa shape index (κ2) is 3.85. The number of carboxylic acids is 1. The van der Waals surface area contributed by atoms with E-state index in [9.17, 15) is 9.59 Å². The highest BCUT2D eigenvalue weighted by Gasteiger charge is 2.41. The summed E-state index contributed by atoms with van der Waals surface area (Å²) in [6.07, 6.45) is 0.645. The molecule has 0 atom stereocenters. The van der Waals surface area contributed by atoms with E-state index in [-0.39, 0.29) is 0 Å². The molecule has 0 rings (SSSR count). The summed E-state index contributed by atoms with van der Waals surface area (Å²) in [5.41, 5.74) is -1.22. The van der Waals surface area contributed by atoms with E-state index in [4.69, 9.17) is 5.11 Å². The van der Waals surface area contributed by atoms with Gasteiger partial charge in [-0.15, -0.1) is 0 Å². The first-order valence-electron chi connectivity index (χ1n) is 3.44. The number of aliphatic carboxylic acids is 1. The molecule has 64 valence electrons. The van der Waals surface area contributed by atoms with Crippen LogP contribution in [0.5, 0.6) is 0 Å². The van der Waals surface area contributed by atoms with Crippen molar-refractivity contribution in [1.82, 2.24) is 0 Å². The zero-order chi connectivity index (χ0) is 9.07. The van der Waals surface area contributed by atoms with Crippen molar-refractivity contribution in [2.45, 2.75) is 26.7 Å². The van der Waals surface area contributed by atoms with Crippen LogP contribution in [-0.2, 0) is 9.59 Å². The van der Waals surface area contributed by atoms with E-state index in [2.05, 4.69) is 15.9 Å². The minimum absolute atomic E-state index is 0.322. The van der Waals surface area contributed by atoms with Gasteiger partial charge in [0.25, 0.3) is 0 Å². The highest BCUT2D eigenvalue weighted by molar-refractivity contribution is 9.18. The first-order chi connectivity index (χ1) is 5.01. The first-order valence-corrected chi connectivity index (χ1v) is 4.24. The summed E-state index contributed by atoms with van der Waals surface area (Å²) in [6, 6.07) is 0. The Labute approximate surface area is 73.9 Å². The van der Waals surface area contributed by atoms with Crippen LogP contribution in [0.1, 0.15) is 26.7 Å². The maximum absolute atomic E-state index is 10.9. The van der Waals surface area contributed by atoms with Crippen LogP contribution in [-0.4, -0.2) is 15.8 Å². The highest BCUT2D eigenvalue weighted by Crippen LogP contribution is 2.30. The molecule has 0 heterocycles. The van der Waals surface area contributed by atoms with Gasteiger partial charge in [0.2, 0.25) is 4.69 Å². The zero-order valence-electron chi connectivity index (χ0n) is 6.56. The molecule has 0 unspecified atom stereocenters. The maximum Gasteiger partial charge on any atom is 0.318 e. The summed E-state index contributed by atoms with van der Waals surface area (Å²) in [5.74, 6) is -1.05. The molecule has 0 aliphatic heterocycles. The average Bonchev–Trinajstić information content (AvgIpc) is 1.90. The van der Waals surface area contributed by atoms with E-state index < -0.39 is 16.1 Å². The van der Waals surface area contributed by atoms with Gasteiger partial charge in [-0.25, -0.2) is 0 Å². The van der Waals surface area contributed by atoms with Crippen LogP contribution in [0.3, 0.4) is 0 Å². The predicted molar refractivity (Wildman–Crippen MR) is 44.6 cm³/mol. The van der Waals surface area contributed by atoms with Crippen LogP contribution in [0.2, 0.25) is 0 Å². The fraction of sp³-hybridized carbons (Fsp3) is 0.714. The van der Waals surface area contributed by atoms with Crippen LogP contribution in [0.15, 0.2) is 0 Å². The summed E-state index contributed by atoms with van der Waals surface area (Å²) >= 11 is 2.70. The van der Waals surface area contributed by atoms with Crippen molar-refractivity contribution in [2.75, 3.05) is 0 Å². The van der Waals surface area contributed by atoms with Gasteiger partial charge in [-0.1, -0.05) is 13.8 Å². The van der Waals surface area contributed by atoms with Crippen molar-refractivity contribution in [2.24, 2.45) is 5.41 Å². The number of halogens is 1. The molecule has 0 aliphatic rings. The van der Waals surface area contributed by atoms with Gasteiger partial charge in [0.1, 0.15) is 5.41 Å². The van der Waals surface area contributed by atoms with Crippen molar-refractivity contribution in [3.63, 3.8) is 0 Å². The van der Waals surface area contributed by atoms with Gasteiger partial charge in [-0.05, 0) is 28.8 Å². The lowest BCUT2D eigenvalue weighted by Crippen LogP contribution is -2.35. The summed E-state index contributed by atoms with van der Waals surface area (Å²) < 4.78 is -0.442. The third kappa shape index (κ3) is 1.80. The molecule has 0 bridgehead atoms. The molecule has 0 radical (unpaired) electrons. The summed E-state index contributed by atoms with van der Waals surface area (Å²) in [5, 5.41) is 8.74. The highest BCUT2D eigenvalue weighted by atomic mass is 79.9. The molecule has 3 nitrogen and oxygen atoms in total. The molecule has 0 aromatic carbocycles. The number of hydrogen-bond donors (Lipinski definition) is 1. The molecule has 0 aromatic rings. The van der Waals surface area contributed by atoms with E-state index in [1.165, 1.54) is 0 Å². The normalized spacial score (nSPS) is 11.2. The summed E-state index contributed by atoms with van der Waals surface area (Å²) in [4.78, 5) is 21.6. The SMILES string of the molecule is CCC(CC)(C(=O)O)C(=O)Br. The van der Waals surface area contributed by atoms with E-state index >= 15 is 0 Å². The van der Waals surface area contributed by atoms with Gasteiger partial charge in [-0.3, -0.25) is 9.59 Å². The van der Waals surface area contributed by atoms with Crippen LogP contribution in [0.4, 0.5) is 0 Å². The fourth-order valence-corrected chi connectivity index (χ4v) is 1.64. The molecular weight excluding hydrogens is 212 g/mol. The van der Waals surface area contributed by atoms with E-state index in [1.54, 1.807) is 13.8 Å². The Bertz CT molecular complexity index is 157. The van der Waals surface area contributed by atoms with Crippen LogP contribution >= 0.6 is 15.9 Å². The number of hydrogen-bond acceptors (Lipinski definition) is 2. The largest absolute Gasteiger partial charge is 0.480 e. The Balaban J connectivity index is 4.76. The van der Waals surface area contributed by atoms with Gasteiger partial charge in [-0.2, -0.15) is 0 Å². The smallest absolute Gasteiger partial charge is 0.318 e. The van der Waals surface area contributed by atoms with E-state index in [0.717, 1.165) is 0 Å². The molecule has 0 saturated heterocycles. The Morgan fingerprint density at radius 2 is 1.73 bits per heavy atom. The van der Waals surface area contributed by atoms with E-state index in [1.807, 2.05) is 0 Å². The minimum Gasteiger partial charge on any atom is -0.480 e. The molecule has 0 amide bonds. The van der Waals surface area contributed by atoms with Crippen LogP contribution < -0.4 is 0 Å². The lowest BCUT2D eigenvalue weighted by molar-refractivity contribution is -0.152. The molecule has 0 aliphatic carbocycles. The number of carbonyl (C=O) groups is 2. The summed E-state index contributed by atoms with van der Waals surface area (Å²) in [6.45, 7) is 3.38. The van der Waals surface area contributed by atoms with Crippen LogP contribution in [0, 0.1) is 5.41 Å². The Kier molecular flexibility index (Phi) is 3.72. The Morgan fingerprint density at radius 3 is 1.73 bits per heavy atom. The quantitative estimate of drug-likeness (QED) is 0.583. The van der Waals surface area contributed by atoms with E-state index in [0.29, 0.717) is 12.8 Å². The van der Waals surface area contributed by atoms with Gasteiger partial charge in [0.15, 0.2) is 0 Å². The van der Waals surface area contributed by atoms with Crippen molar-refractivity contribution < 1.29 is 14.7 Å². The first kappa shape index (κ1) is 10.6. The van der Waals surface area contributed by atoms with Crippen molar-refractivity contribution >= 4 is 26.6 Å². The number of rotatable bonds is 4. The lowest BCUT2D eigenvalue weighted by atomic mass is 9.84. The number of carbonyl (C=O) groups excluding carboxylic acids is 1. The average molecular weight is 223 g/mol. The third-order valence-corrected chi connectivity index (χ3v) is 2.75. The molecule has 0 spiro atoms. The zero-order valence-corrected chi connectivity index (χ0v) is 8.14. The predicted octanol–water partition coefficient (Wildman–Crippen LogP) is 1.80. The molecule has 4 heteroatoms. The third-order valence-electron chi connectivity index (χ3n) is 1.99. The maximum atomic E-state index is 10.9. The standard InChI is InChI=1S/C7H11BrO3/c1-3-7(4-2,5(8)9)6(10)11/h3-4H2,1-2H3,(H,10,11). The lowest BCUT2D eigenvalue weighted by Gasteiger charge is -2.21. The minimum atomic E-state index is -1.22. The Morgan fingerprint density at radius 1 is 1.36 bits per heavy atom. The van der Waals surface area contributed by atoms with Gasteiger partial charge < -0.3 is 5.11 Å². The Hall–Kier alpha value is -0.380. The molecular formula is C7H11BrO3. The monoisotopic (exact) mass is 222 g/mol. The molecule has 0 aromatic heterocycles. The van der Waals surface area contributed by atoms with Crippen molar-refractivity contribution in [1.29, 1.82) is 0 Å². The molecule has 1 N–H and O–H groups in total. The topological polar surface area (TPSA) is 54.4 Å². The van der Waals surface area contributed by atoms with Crippen molar-refractivity contribution in [3.05, 3.63) is 0 Å².